The van der Waals surface area contributed by atoms with Crippen LogP contribution in [-0.2, 0) is 14.3 Å². The lowest BCUT2D eigenvalue weighted by molar-refractivity contribution is -0.117. The lowest BCUT2D eigenvalue weighted by Gasteiger charge is -2.27. The van der Waals surface area contributed by atoms with Gasteiger partial charge in [0.2, 0.25) is 6.41 Å². The van der Waals surface area contributed by atoms with Crippen molar-refractivity contribution in [2.45, 2.75) is 107 Å². The molecule has 0 saturated heterocycles. The number of ether oxygens (including phenoxy) is 1. The molecule has 0 aromatic rings. The van der Waals surface area contributed by atoms with Crippen molar-refractivity contribution in [2.24, 2.45) is 11.1 Å². The van der Waals surface area contributed by atoms with Crippen molar-refractivity contribution in [1.82, 2.24) is 5.32 Å². The number of rotatable bonds is 14. The highest BCUT2D eigenvalue weighted by Crippen LogP contribution is 2.24. The summed E-state index contributed by atoms with van der Waals surface area (Å²) in [7, 11) is 0. The van der Waals surface area contributed by atoms with Gasteiger partial charge < -0.3 is 25.7 Å². The van der Waals surface area contributed by atoms with E-state index in [4.69, 9.17) is 10.5 Å². The molecule has 0 aliphatic heterocycles. The second-order valence-corrected chi connectivity index (χ2v) is 6.85. The minimum Gasteiger partial charge on any atom is -0.396 e. The van der Waals surface area contributed by atoms with E-state index in [9.17, 15) is 14.7 Å². The zero-order valence-corrected chi connectivity index (χ0v) is 21.8. The number of hydrogen-bond donors (Lipinski definition) is 3. The zero-order valence-electron chi connectivity index (χ0n) is 21.8. The van der Waals surface area contributed by atoms with Crippen molar-refractivity contribution in [3.8, 4) is 0 Å². The molecule has 1 atom stereocenters. The van der Waals surface area contributed by atoms with Crippen LogP contribution < -0.4 is 11.1 Å². The first-order valence-corrected chi connectivity index (χ1v) is 11.9. The fourth-order valence-corrected chi connectivity index (χ4v) is 1.85. The van der Waals surface area contributed by atoms with Gasteiger partial charge in [-0.25, -0.2) is 0 Å². The van der Waals surface area contributed by atoms with E-state index in [0.717, 1.165) is 38.7 Å². The minimum absolute atomic E-state index is 0.147. The molecule has 0 heterocycles. The molecule has 0 spiro atoms. The number of nitrogens with two attached hydrogens (primary N) is 1. The van der Waals surface area contributed by atoms with Gasteiger partial charge in [-0.3, -0.25) is 4.79 Å². The molecule has 1 unspecified atom stereocenters. The third kappa shape index (κ3) is 45.6. The Kier molecular flexibility index (Phi) is 50.8. The van der Waals surface area contributed by atoms with E-state index >= 15 is 0 Å². The molecular weight excluding hydrogens is 380 g/mol. The number of Topliss-reactive ketones (excluding diaryl/α,β-unsaturated/α-hetero) is 1. The normalized spacial score (nSPS) is 10.8. The van der Waals surface area contributed by atoms with Crippen LogP contribution in [0.2, 0.25) is 0 Å². The molecule has 0 aromatic carbocycles. The molecule has 0 fully saturated rings. The minimum atomic E-state index is -0.147. The highest BCUT2D eigenvalue weighted by molar-refractivity contribution is 5.75. The molecule has 0 radical (unpaired) electrons. The molecule has 4 N–H and O–H groups in total. The third-order valence-corrected chi connectivity index (χ3v) is 3.35. The van der Waals surface area contributed by atoms with Gasteiger partial charge in [0.25, 0.3) is 0 Å². The van der Waals surface area contributed by atoms with E-state index in [0.29, 0.717) is 32.5 Å². The molecule has 0 aliphatic rings. The summed E-state index contributed by atoms with van der Waals surface area (Å²) in [6.45, 7) is 20.8. The summed E-state index contributed by atoms with van der Waals surface area (Å²) in [4.78, 5) is 20.3. The first kappa shape index (κ1) is 39.5. The Balaban J connectivity index is -0.000000123. The molecule has 6 heteroatoms. The summed E-state index contributed by atoms with van der Waals surface area (Å²) in [5.74, 6) is 0.243. The summed E-state index contributed by atoms with van der Waals surface area (Å²) in [5, 5.41) is 11.8. The van der Waals surface area contributed by atoms with Crippen LogP contribution in [0.3, 0.4) is 0 Å². The zero-order chi connectivity index (χ0) is 24.7. The van der Waals surface area contributed by atoms with Gasteiger partial charge in [-0.15, -0.1) is 0 Å². The Morgan fingerprint density at radius 1 is 1.10 bits per heavy atom. The van der Waals surface area contributed by atoms with Crippen LogP contribution >= 0.6 is 0 Å². The van der Waals surface area contributed by atoms with Crippen LogP contribution in [0.25, 0.3) is 0 Å². The number of aliphatic hydroxyl groups excluding tert-OH is 1. The van der Waals surface area contributed by atoms with Crippen LogP contribution in [0.15, 0.2) is 0 Å². The van der Waals surface area contributed by atoms with Gasteiger partial charge in [0, 0.05) is 25.0 Å². The molecule has 0 aromatic heterocycles. The van der Waals surface area contributed by atoms with Gasteiger partial charge in [0.1, 0.15) is 5.78 Å². The van der Waals surface area contributed by atoms with E-state index < -0.39 is 0 Å². The van der Waals surface area contributed by atoms with Crippen molar-refractivity contribution >= 4 is 12.2 Å². The lowest BCUT2D eigenvalue weighted by atomic mass is 9.86. The summed E-state index contributed by atoms with van der Waals surface area (Å²) < 4.78 is 5.49. The van der Waals surface area contributed by atoms with Gasteiger partial charge in [0.05, 0.1) is 13.2 Å². The Bertz CT molecular complexity index is 303. The number of aliphatic hydroxyl groups is 1. The number of nitrogens with one attached hydrogen (secondary N) is 1. The molecule has 0 rings (SSSR count). The van der Waals surface area contributed by atoms with Crippen molar-refractivity contribution in [3.05, 3.63) is 0 Å². The second kappa shape index (κ2) is 38.6. The predicted molar refractivity (Wildman–Crippen MR) is 132 cm³/mol. The molecule has 0 saturated carbocycles. The van der Waals surface area contributed by atoms with Crippen LogP contribution in [0.4, 0.5) is 0 Å². The van der Waals surface area contributed by atoms with E-state index in [1.165, 1.54) is 6.42 Å². The molecule has 1 amide bonds. The molecule has 30 heavy (non-hydrogen) atoms. The predicted octanol–water partition coefficient (Wildman–Crippen LogP) is 5.11. The average Bonchev–Trinajstić information content (AvgIpc) is 2.76. The number of carbonyl (C=O) groups excluding carboxylic acids is 2. The van der Waals surface area contributed by atoms with Crippen LogP contribution in [0.1, 0.15) is 107 Å². The van der Waals surface area contributed by atoms with E-state index in [-0.39, 0.29) is 17.8 Å². The highest BCUT2D eigenvalue weighted by Gasteiger charge is 2.23. The highest BCUT2D eigenvalue weighted by atomic mass is 16.5. The van der Waals surface area contributed by atoms with E-state index in [2.05, 4.69) is 26.1 Å². The number of hydrogen-bond acceptors (Lipinski definition) is 5. The van der Waals surface area contributed by atoms with Crippen LogP contribution in [-0.4, -0.2) is 50.2 Å². The van der Waals surface area contributed by atoms with Crippen molar-refractivity contribution in [2.75, 3.05) is 32.9 Å². The maximum Gasteiger partial charge on any atom is 0.207 e. The largest absolute Gasteiger partial charge is 0.396 e. The van der Waals surface area contributed by atoms with Crippen molar-refractivity contribution < 1.29 is 19.4 Å². The molecule has 0 bridgehead atoms. The standard InChI is InChI=1S/C13H26O3.C4H10N2O.C3H8.2C2H6/c1-4-9-16-11-13(3,10-14)8-6-5-7-12(2)15;5-2-1-3-6-4-7;1-3-2;2*1-2/h14H,4-11H2,1-3H3;4H,1-3,5H2,(H,6,7);3H2,1-2H3;2*1-2H3. The summed E-state index contributed by atoms with van der Waals surface area (Å²) in [5.41, 5.74) is 4.97. The second-order valence-electron chi connectivity index (χ2n) is 6.85. The molecule has 186 valence electrons. The summed E-state index contributed by atoms with van der Waals surface area (Å²) >= 11 is 0. The number of ketones is 1. The third-order valence-electron chi connectivity index (χ3n) is 3.35. The Morgan fingerprint density at radius 2 is 1.63 bits per heavy atom. The van der Waals surface area contributed by atoms with Gasteiger partial charge >= 0.3 is 0 Å². The SMILES string of the molecule is CC.CC.CCC.CCCOCC(C)(CO)CCCCC(C)=O.NCCCNC=O. The Hall–Kier alpha value is -0.980. The average molecular weight is 437 g/mol. The number of amides is 1. The van der Waals surface area contributed by atoms with Crippen LogP contribution in [0, 0.1) is 5.41 Å². The van der Waals surface area contributed by atoms with Crippen molar-refractivity contribution in [1.29, 1.82) is 0 Å². The van der Waals surface area contributed by atoms with Crippen LogP contribution in [0.5, 0.6) is 0 Å². The topological polar surface area (TPSA) is 102 Å². The maximum absolute atomic E-state index is 10.8. The smallest absolute Gasteiger partial charge is 0.207 e. The fourth-order valence-electron chi connectivity index (χ4n) is 1.85. The Morgan fingerprint density at radius 3 is 2.00 bits per heavy atom. The Labute approximate surface area is 188 Å². The quantitative estimate of drug-likeness (QED) is 0.259. The van der Waals surface area contributed by atoms with Gasteiger partial charge in [0.15, 0.2) is 0 Å². The monoisotopic (exact) mass is 436 g/mol. The maximum atomic E-state index is 10.8. The van der Waals surface area contributed by atoms with Gasteiger partial charge in [-0.2, -0.15) is 0 Å². The van der Waals surface area contributed by atoms with E-state index in [1.807, 2.05) is 34.6 Å². The fraction of sp³-hybridized carbons (Fsp3) is 0.917. The first-order valence-electron chi connectivity index (χ1n) is 11.9. The van der Waals surface area contributed by atoms with Gasteiger partial charge in [-0.1, -0.05) is 68.2 Å². The van der Waals surface area contributed by atoms with E-state index in [1.54, 1.807) is 6.92 Å². The molecule has 0 aliphatic carbocycles. The number of carbonyl (C=O) groups is 2. The molecular formula is C24H56N2O4. The number of unbranched alkanes of at least 4 members (excludes halogenated alkanes) is 1. The molecule has 6 nitrogen and oxygen atoms in total. The lowest BCUT2D eigenvalue weighted by Crippen LogP contribution is -2.27. The summed E-state index contributed by atoms with van der Waals surface area (Å²) in [6, 6.07) is 0. The van der Waals surface area contributed by atoms with Gasteiger partial charge in [-0.05, 0) is 39.2 Å². The van der Waals surface area contributed by atoms with Crippen molar-refractivity contribution in [3.63, 3.8) is 0 Å². The summed E-state index contributed by atoms with van der Waals surface area (Å²) in [6.07, 6.45) is 7.25. The first-order chi connectivity index (χ1) is 14.4.